The minimum Gasteiger partial charge on any atom is -0.363 e. The van der Waals surface area contributed by atoms with Crippen LogP contribution in [0.1, 0.15) is 22.2 Å². The van der Waals surface area contributed by atoms with Crippen LogP contribution in [0.5, 0.6) is 0 Å². The van der Waals surface area contributed by atoms with Crippen LogP contribution in [0, 0.1) is 0 Å². The fraction of sp³-hybridized carbons (Fsp3) is 0.200. The zero-order valence-corrected chi connectivity index (χ0v) is 9.00. The molecular weight excluding hydrogens is 212 g/mol. The van der Waals surface area contributed by atoms with Crippen LogP contribution in [-0.4, -0.2) is 11.1 Å². The first-order valence-corrected chi connectivity index (χ1v) is 5.46. The Morgan fingerprint density at radius 3 is 3.13 bits per heavy atom. The topological polar surface area (TPSA) is 55.1 Å². The number of nitrogens with zero attached hydrogens (tertiary/aromatic N) is 1. The second kappa shape index (κ2) is 4.27. The molecule has 0 spiro atoms. The molecule has 0 atom stereocenters. The van der Waals surface area contributed by atoms with Gasteiger partial charge in [-0.05, 0) is 12.5 Å². The van der Waals surface area contributed by atoms with E-state index in [1.165, 1.54) is 11.1 Å². The summed E-state index contributed by atoms with van der Waals surface area (Å²) in [7, 11) is 0. The summed E-state index contributed by atoms with van der Waals surface area (Å²) >= 11 is 1.59. The van der Waals surface area contributed by atoms with E-state index in [1.807, 2.05) is 11.4 Å². The number of anilines is 1. The van der Waals surface area contributed by atoms with E-state index in [1.54, 1.807) is 17.4 Å². The quantitative estimate of drug-likeness (QED) is 0.868. The summed E-state index contributed by atoms with van der Waals surface area (Å²) in [5.41, 5.74) is 0.667. The van der Waals surface area contributed by atoms with Gasteiger partial charge in [0.05, 0.1) is 5.56 Å². The monoisotopic (exact) mass is 222 g/mol. The second-order valence-electron chi connectivity index (χ2n) is 2.99. The van der Waals surface area contributed by atoms with Crippen LogP contribution in [0.4, 0.5) is 5.82 Å². The first kappa shape index (κ1) is 9.92. The number of aromatic nitrogens is 1. The third-order valence-corrected chi connectivity index (χ3v) is 3.02. The number of aryl methyl sites for hydroxylation is 1. The molecule has 2 rings (SSSR count). The van der Waals surface area contributed by atoms with Crippen LogP contribution in [0.15, 0.2) is 28.3 Å². The summed E-state index contributed by atoms with van der Waals surface area (Å²) in [4.78, 5) is 12.8. The SMILES string of the molecule is CCc1cc(C(=O)Nc2ccon2)cs1. The third-order valence-electron chi connectivity index (χ3n) is 1.94. The fourth-order valence-electron chi connectivity index (χ4n) is 1.15. The largest absolute Gasteiger partial charge is 0.363 e. The number of thiophene rings is 1. The molecule has 0 aliphatic rings. The Hall–Kier alpha value is -1.62. The molecule has 2 aromatic rings. The molecule has 0 saturated heterocycles. The molecule has 0 aliphatic heterocycles. The van der Waals surface area contributed by atoms with Crippen molar-refractivity contribution in [3.05, 3.63) is 34.2 Å². The average Bonchev–Trinajstić information content (AvgIpc) is 2.86. The molecule has 0 unspecified atom stereocenters. The maximum atomic E-state index is 11.7. The highest BCUT2D eigenvalue weighted by Crippen LogP contribution is 2.16. The standard InChI is InChI=1S/C10H10N2O2S/c1-2-8-5-7(6-15-8)10(13)11-9-3-4-14-12-9/h3-6H,2H2,1H3,(H,11,12,13). The van der Waals surface area contributed by atoms with Crippen molar-refractivity contribution < 1.29 is 9.32 Å². The van der Waals surface area contributed by atoms with Crippen LogP contribution in [0.2, 0.25) is 0 Å². The van der Waals surface area contributed by atoms with Gasteiger partial charge >= 0.3 is 0 Å². The van der Waals surface area contributed by atoms with E-state index in [2.05, 4.69) is 21.9 Å². The van der Waals surface area contributed by atoms with Crippen molar-refractivity contribution >= 4 is 23.1 Å². The van der Waals surface area contributed by atoms with Crippen LogP contribution in [0.25, 0.3) is 0 Å². The number of hydrogen-bond donors (Lipinski definition) is 1. The van der Waals surface area contributed by atoms with Gasteiger partial charge in [0.15, 0.2) is 5.82 Å². The van der Waals surface area contributed by atoms with Crippen molar-refractivity contribution in [2.45, 2.75) is 13.3 Å². The van der Waals surface area contributed by atoms with Gasteiger partial charge in [0.1, 0.15) is 6.26 Å². The first-order chi connectivity index (χ1) is 7.29. The van der Waals surface area contributed by atoms with Crippen molar-refractivity contribution in [1.82, 2.24) is 5.16 Å². The minimum absolute atomic E-state index is 0.153. The number of carbonyl (C=O) groups excluding carboxylic acids is 1. The summed E-state index contributed by atoms with van der Waals surface area (Å²) in [6.45, 7) is 2.06. The molecule has 1 amide bonds. The van der Waals surface area contributed by atoms with Gasteiger partial charge < -0.3 is 9.84 Å². The molecule has 15 heavy (non-hydrogen) atoms. The van der Waals surface area contributed by atoms with E-state index in [0.717, 1.165) is 6.42 Å². The van der Waals surface area contributed by atoms with E-state index in [-0.39, 0.29) is 5.91 Å². The highest BCUT2D eigenvalue weighted by Gasteiger charge is 2.09. The molecule has 1 N–H and O–H groups in total. The lowest BCUT2D eigenvalue weighted by Gasteiger charge is -1.96. The van der Waals surface area contributed by atoms with Gasteiger partial charge in [0.25, 0.3) is 5.91 Å². The number of hydrogen-bond acceptors (Lipinski definition) is 4. The van der Waals surface area contributed by atoms with Gasteiger partial charge in [-0.2, -0.15) is 0 Å². The van der Waals surface area contributed by atoms with Crippen molar-refractivity contribution in [2.75, 3.05) is 5.32 Å². The van der Waals surface area contributed by atoms with Gasteiger partial charge in [-0.15, -0.1) is 11.3 Å². The molecule has 2 aromatic heterocycles. The Kier molecular flexibility index (Phi) is 2.82. The van der Waals surface area contributed by atoms with Gasteiger partial charge in [-0.3, -0.25) is 4.79 Å². The summed E-state index contributed by atoms with van der Waals surface area (Å²) in [5, 5.41) is 8.09. The van der Waals surface area contributed by atoms with Gasteiger partial charge in [0.2, 0.25) is 0 Å². The normalized spacial score (nSPS) is 10.2. The molecule has 78 valence electrons. The Balaban J connectivity index is 2.08. The molecule has 4 nitrogen and oxygen atoms in total. The van der Waals surface area contributed by atoms with Crippen LogP contribution >= 0.6 is 11.3 Å². The van der Waals surface area contributed by atoms with Gasteiger partial charge in [-0.1, -0.05) is 12.1 Å². The summed E-state index contributed by atoms with van der Waals surface area (Å²) < 4.78 is 4.62. The van der Waals surface area contributed by atoms with Crippen LogP contribution < -0.4 is 5.32 Å². The molecule has 0 saturated carbocycles. The lowest BCUT2D eigenvalue weighted by molar-refractivity contribution is 0.102. The number of rotatable bonds is 3. The molecular formula is C10H10N2O2S. The maximum absolute atomic E-state index is 11.7. The molecule has 2 heterocycles. The average molecular weight is 222 g/mol. The van der Waals surface area contributed by atoms with Crippen molar-refractivity contribution in [3.8, 4) is 0 Å². The molecule has 0 aliphatic carbocycles. The molecule has 5 heteroatoms. The number of carbonyl (C=O) groups is 1. The number of nitrogens with one attached hydrogen (secondary N) is 1. The molecule has 0 bridgehead atoms. The lowest BCUT2D eigenvalue weighted by atomic mass is 10.2. The highest BCUT2D eigenvalue weighted by molar-refractivity contribution is 7.10. The van der Waals surface area contributed by atoms with E-state index < -0.39 is 0 Å². The second-order valence-corrected chi connectivity index (χ2v) is 3.99. The van der Waals surface area contributed by atoms with E-state index in [4.69, 9.17) is 0 Å². The van der Waals surface area contributed by atoms with Crippen molar-refractivity contribution in [2.24, 2.45) is 0 Å². The highest BCUT2D eigenvalue weighted by atomic mass is 32.1. The van der Waals surface area contributed by atoms with E-state index >= 15 is 0 Å². The Bertz CT molecular complexity index is 448. The Morgan fingerprint density at radius 1 is 1.67 bits per heavy atom. The summed E-state index contributed by atoms with van der Waals surface area (Å²) in [6.07, 6.45) is 2.36. The predicted molar refractivity (Wildman–Crippen MR) is 58.2 cm³/mol. The van der Waals surface area contributed by atoms with Crippen LogP contribution in [-0.2, 0) is 6.42 Å². The summed E-state index contributed by atoms with van der Waals surface area (Å²) in [5.74, 6) is 0.282. The van der Waals surface area contributed by atoms with E-state index in [0.29, 0.717) is 11.4 Å². The Morgan fingerprint density at radius 2 is 2.53 bits per heavy atom. The van der Waals surface area contributed by atoms with E-state index in [9.17, 15) is 4.79 Å². The zero-order valence-electron chi connectivity index (χ0n) is 8.19. The van der Waals surface area contributed by atoms with Crippen LogP contribution in [0.3, 0.4) is 0 Å². The maximum Gasteiger partial charge on any atom is 0.257 e. The van der Waals surface area contributed by atoms with Crippen molar-refractivity contribution in [3.63, 3.8) is 0 Å². The summed E-state index contributed by atoms with van der Waals surface area (Å²) in [6, 6.07) is 3.49. The first-order valence-electron chi connectivity index (χ1n) is 4.58. The smallest absolute Gasteiger partial charge is 0.257 e. The fourth-order valence-corrected chi connectivity index (χ4v) is 1.97. The third kappa shape index (κ3) is 2.24. The van der Waals surface area contributed by atoms with Gasteiger partial charge in [-0.25, -0.2) is 0 Å². The predicted octanol–water partition coefficient (Wildman–Crippen LogP) is 2.55. The molecule has 0 radical (unpaired) electrons. The van der Waals surface area contributed by atoms with Crippen molar-refractivity contribution in [1.29, 1.82) is 0 Å². The number of amides is 1. The lowest BCUT2D eigenvalue weighted by Crippen LogP contribution is -2.10. The zero-order chi connectivity index (χ0) is 10.7. The minimum atomic E-state index is -0.153. The Labute approximate surface area is 90.9 Å². The molecule has 0 aromatic carbocycles. The molecule has 0 fully saturated rings. The van der Waals surface area contributed by atoms with Gasteiger partial charge in [0, 0.05) is 16.3 Å².